The maximum absolute atomic E-state index is 11.7. The Morgan fingerprint density at radius 1 is 1.53 bits per heavy atom. The average Bonchev–Trinajstić information content (AvgIpc) is 2.75. The van der Waals surface area contributed by atoms with Gasteiger partial charge in [-0.25, -0.2) is 9.78 Å². The van der Waals surface area contributed by atoms with E-state index >= 15 is 0 Å². The Balaban J connectivity index is 2.48. The summed E-state index contributed by atoms with van der Waals surface area (Å²) in [4.78, 5) is 15.7. The molecule has 0 atom stereocenters. The molecule has 1 aromatic carbocycles. The van der Waals surface area contributed by atoms with Crippen LogP contribution in [0.1, 0.15) is 23.0 Å². The lowest BCUT2D eigenvalue weighted by atomic mass is 10.2. The van der Waals surface area contributed by atoms with Crippen LogP contribution in [0.5, 0.6) is 0 Å². The van der Waals surface area contributed by atoms with Gasteiger partial charge in [-0.3, -0.25) is 4.57 Å². The van der Waals surface area contributed by atoms with Crippen molar-refractivity contribution in [2.75, 3.05) is 12.3 Å². The zero-order valence-corrected chi connectivity index (χ0v) is 12.3. The number of ether oxygens (including phenoxy) is 1. The quantitative estimate of drug-likeness (QED) is 0.881. The number of anilines is 1. The maximum Gasteiger partial charge on any atom is 0.360 e. The number of nitrogens with two attached hydrogens (primary N) is 1. The van der Waals surface area contributed by atoms with Crippen LogP contribution in [0.25, 0.3) is 5.69 Å². The molecular weight excluding hydrogens is 310 g/mol. The number of carbonyl (C=O) groups excluding carboxylic acids is 1. The molecule has 19 heavy (non-hydrogen) atoms. The summed E-state index contributed by atoms with van der Waals surface area (Å²) in [5.41, 5.74) is 8.00. The molecule has 100 valence electrons. The van der Waals surface area contributed by atoms with Gasteiger partial charge in [-0.1, -0.05) is 22.0 Å². The van der Waals surface area contributed by atoms with Crippen LogP contribution in [-0.4, -0.2) is 22.1 Å². The van der Waals surface area contributed by atoms with Crippen molar-refractivity contribution in [3.8, 4) is 5.69 Å². The Bertz CT molecular complexity index is 622. The van der Waals surface area contributed by atoms with Gasteiger partial charge >= 0.3 is 5.97 Å². The number of hydrogen-bond acceptors (Lipinski definition) is 4. The van der Waals surface area contributed by atoms with Crippen LogP contribution in [-0.2, 0) is 4.74 Å². The van der Waals surface area contributed by atoms with E-state index in [-0.39, 0.29) is 11.5 Å². The molecule has 2 rings (SSSR count). The molecule has 2 aromatic rings. The molecule has 0 aliphatic heterocycles. The predicted octanol–water partition coefficient (Wildman–Crippen LogP) is 2.70. The third-order valence-electron chi connectivity index (χ3n) is 2.77. The lowest BCUT2D eigenvalue weighted by Gasteiger charge is -2.10. The van der Waals surface area contributed by atoms with E-state index in [1.165, 1.54) is 6.33 Å². The molecular formula is C13H14BrN3O2. The number of esters is 1. The van der Waals surface area contributed by atoms with Gasteiger partial charge in [0.25, 0.3) is 0 Å². The van der Waals surface area contributed by atoms with Gasteiger partial charge in [0.15, 0.2) is 5.69 Å². The summed E-state index contributed by atoms with van der Waals surface area (Å²) in [5.74, 6) is -0.231. The molecule has 0 aliphatic rings. The van der Waals surface area contributed by atoms with Crippen LogP contribution in [0.4, 0.5) is 5.82 Å². The highest BCUT2D eigenvalue weighted by molar-refractivity contribution is 9.10. The van der Waals surface area contributed by atoms with E-state index in [0.717, 1.165) is 15.7 Å². The van der Waals surface area contributed by atoms with Crippen molar-refractivity contribution in [3.05, 3.63) is 40.3 Å². The zero-order valence-electron chi connectivity index (χ0n) is 10.7. The first-order chi connectivity index (χ1) is 9.06. The minimum Gasteiger partial charge on any atom is -0.461 e. The number of imidazole rings is 1. The van der Waals surface area contributed by atoms with E-state index < -0.39 is 5.97 Å². The van der Waals surface area contributed by atoms with Crippen LogP contribution in [0, 0.1) is 6.92 Å². The maximum atomic E-state index is 11.7. The molecule has 1 aromatic heterocycles. The highest BCUT2D eigenvalue weighted by Crippen LogP contribution is 2.25. The smallest absolute Gasteiger partial charge is 0.360 e. The number of rotatable bonds is 3. The standard InChI is InChI=1S/C13H14BrN3O2/c1-3-19-13(18)11-12(15)17(7-16-11)10-6-4-5-9(14)8(10)2/h4-7H,3,15H2,1-2H3. The second-order valence-electron chi connectivity index (χ2n) is 3.95. The summed E-state index contributed by atoms with van der Waals surface area (Å²) in [7, 11) is 0. The number of carbonyl (C=O) groups is 1. The predicted molar refractivity (Wildman–Crippen MR) is 76.4 cm³/mol. The normalized spacial score (nSPS) is 10.5. The molecule has 0 amide bonds. The Morgan fingerprint density at radius 3 is 2.95 bits per heavy atom. The van der Waals surface area contributed by atoms with Gasteiger partial charge in [0.05, 0.1) is 12.3 Å². The molecule has 0 saturated heterocycles. The largest absolute Gasteiger partial charge is 0.461 e. The molecule has 5 nitrogen and oxygen atoms in total. The molecule has 2 N–H and O–H groups in total. The van der Waals surface area contributed by atoms with Gasteiger partial charge in [0.1, 0.15) is 12.1 Å². The highest BCUT2D eigenvalue weighted by Gasteiger charge is 2.18. The summed E-state index contributed by atoms with van der Waals surface area (Å²) in [5, 5.41) is 0. The SMILES string of the molecule is CCOC(=O)c1ncn(-c2cccc(Br)c2C)c1N. The van der Waals surface area contributed by atoms with Gasteiger partial charge in [0, 0.05) is 4.47 Å². The first kappa shape index (κ1) is 13.6. The van der Waals surface area contributed by atoms with Crippen LogP contribution < -0.4 is 5.73 Å². The van der Waals surface area contributed by atoms with E-state index in [1.807, 2.05) is 25.1 Å². The van der Waals surface area contributed by atoms with E-state index in [9.17, 15) is 4.79 Å². The third-order valence-corrected chi connectivity index (χ3v) is 3.63. The number of benzene rings is 1. The molecule has 0 fully saturated rings. The van der Waals surface area contributed by atoms with Gasteiger partial charge < -0.3 is 10.5 Å². The number of hydrogen-bond donors (Lipinski definition) is 1. The monoisotopic (exact) mass is 323 g/mol. The summed E-state index contributed by atoms with van der Waals surface area (Å²) in [6, 6.07) is 5.75. The first-order valence-corrected chi connectivity index (χ1v) is 6.61. The fourth-order valence-electron chi connectivity index (χ4n) is 1.76. The first-order valence-electron chi connectivity index (χ1n) is 5.81. The van der Waals surface area contributed by atoms with Crippen LogP contribution in [0.15, 0.2) is 29.0 Å². The van der Waals surface area contributed by atoms with E-state index in [4.69, 9.17) is 10.5 Å². The topological polar surface area (TPSA) is 70.1 Å². The third kappa shape index (κ3) is 2.49. The van der Waals surface area contributed by atoms with E-state index in [0.29, 0.717) is 6.61 Å². The van der Waals surface area contributed by atoms with E-state index in [1.54, 1.807) is 11.5 Å². The Kier molecular flexibility index (Phi) is 3.90. The Morgan fingerprint density at radius 2 is 2.26 bits per heavy atom. The van der Waals surface area contributed by atoms with Gasteiger partial charge in [-0.05, 0) is 31.5 Å². The summed E-state index contributed by atoms with van der Waals surface area (Å²) < 4.78 is 7.55. The molecule has 0 unspecified atom stereocenters. The minimum atomic E-state index is -0.508. The van der Waals surface area contributed by atoms with Crippen LogP contribution in [0.3, 0.4) is 0 Å². The van der Waals surface area contributed by atoms with Gasteiger partial charge in [0.2, 0.25) is 0 Å². The zero-order chi connectivity index (χ0) is 14.0. The van der Waals surface area contributed by atoms with Crippen molar-refractivity contribution in [2.45, 2.75) is 13.8 Å². The minimum absolute atomic E-state index is 0.140. The summed E-state index contributed by atoms with van der Waals surface area (Å²) in [6.45, 7) is 3.99. The Labute approximate surface area is 119 Å². The lowest BCUT2D eigenvalue weighted by Crippen LogP contribution is -2.09. The second kappa shape index (κ2) is 5.44. The van der Waals surface area contributed by atoms with Crippen molar-refractivity contribution in [3.63, 3.8) is 0 Å². The number of aromatic nitrogens is 2. The molecule has 1 heterocycles. The molecule has 0 saturated carbocycles. The van der Waals surface area contributed by atoms with E-state index in [2.05, 4.69) is 20.9 Å². The molecule has 0 aliphatic carbocycles. The van der Waals surface area contributed by atoms with Crippen LogP contribution in [0.2, 0.25) is 0 Å². The summed E-state index contributed by atoms with van der Waals surface area (Å²) in [6.07, 6.45) is 1.52. The van der Waals surface area contributed by atoms with Crippen LogP contribution >= 0.6 is 15.9 Å². The average molecular weight is 324 g/mol. The van der Waals surface area contributed by atoms with Crippen molar-refractivity contribution >= 4 is 27.7 Å². The Hall–Kier alpha value is -1.82. The molecule has 0 bridgehead atoms. The fourth-order valence-corrected chi connectivity index (χ4v) is 2.12. The van der Waals surface area contributed by atoms with Gasteiger partial charge in [-0.15, -0.1) is 0 Å². The van der Waals surface area contributed by atoms with Crippen molar-refractivity contribution in [1.29, 1.82) is 0 Å². The summed E-state index contributed by atoms with van der Waals surface area (Å²) >= 11 is 3.46. The highest BCUT2D eigenvalue weighted by atomic mass is 79.9. The molecule has 0 radical (unpaired) electrons. The number of halogens is 1. The molecule has 0 spiro atoms. The molecule has 6 heteroatoms. The van der Waals surface area contributed by atoms with Crippen molar-refractivity contribution in [2.24, 2.45) is 0 Å². The number of nitrogen functional groups attached to an aromatic ring is 1. The second-order valence-corrected chi connectivity index (χ2v) is 4.81. The van der Waals surface area contributed by atoms with Crippen molar-refractivity contribution in [1.82, 2.24) is 9.55 Å². The fraction of sp³-hybridized carbons (Fsp3) is 0.231. The lowest BCUT2D eigenvalue weighted by molar-refractivity contribution is 0.0521. The number of nitrogens with zero attached hydrogens (tertiary/aromatic N) is 2. The van der Waals surface area contributed by atoms with Gasteiger partial charge in [-0.2, -0.15) is 0 Å². The van der Waals surface area contributed by atoms with Crippen molar-refractivity contribution < 1.29 is 9.53 Å².